The lowest BCUT2D eigenvalue weighted by atomic mass is 9.97. The standard InChI is InChI=1S/C58H38N2O/c1-2-14-42-38-45(28-27-39(42)13-1)44-16-11-15-43(37-44)40-29-33-46(34-30-40)59(47-35-31-41(32-36-47)48-20-12-26-57-58(48)51-19-5-10-25-56(51)61-57)54-23-8-9-24-55(54)60-52-21-6-3-17-49(52)50-18-4-7-22-53(50)60/h1-38H. The molecule has 3 nitrogen and oxygen atoms in total. The summed E-state index contributed by atoms with van der Waals surface area (Å²) in [5, 5.41) is 7.23. The fourth-order valence-corrected chi connectivity index (χ4v) is 9.31. The molecule has 0 aliphatic heterocycles. The third-order valence-electron chi connectivity index (χ3n) is 12.2. The Labute approximate surface area is 353 Å². The lowest BCUT2D eigenvalue weighted by Gasteiger charge is -2.28. The molecule has 2 aromatic heterocycles. The molecule has 0 amide bonds. The van der Waals surface area contributed by atoms with Gasteiger partial charge in [-0.2, -0.15) is 0 Å². The number of fused-ring (bicyclic) bond motifs is 7. The third-order valence-corrected chi connectivity index (χ3v) is 12.2. The van der Waals surface area contributed by atoms with Crippen LogP contribution in [0.25, 0.3) is 93.6 Å². The van der Waals surface area contributed by atoms with Gasteiger partial charge in [-0.25, -0.2) is 0 Å². The third kappa shape index (κ3) is 5.90. The zero-order valence-corrected chi connectivity index (χ0v) is 33.2. The van der Waals surface area contributed by atoms with Crippen molar-refractivity contribution in [3.05, 3.63) is 231 Å². The van der Waals surface area contributed by atoms with Crippen LogP contribution in [0.5, 0.6) is 0 Å². The highest BCUT2D eigenvalue weighted by Crippen LogP contribution is 2.44. The van der Waals surface area contributed by atoms with Crippen molar-refractivity contribution in [3.63, 3.8) is 0 Å². The van der Waals surface area contributed by atoms with Gasteiger partial charge in [-0.3, -0.25) is 0 Å². The molecule has 10 aromatic carbocycles. The van der Waals surface area contributed by atoms with Gasteiger partial charge in [0.05, 0.1) is 22.4 Å². The van der Waals surface area contributed by atoms with E-state index >= 15 is 0 Å². The van der Waals surface area contributed by atoms with Crippen LogP contribution >= 0.6 is 0 Å². The summed E-state index contributed by atoms with van der Waals surface area (Å²) >= 11 is 0. The molecular weight excluding hydrogens is 741 g/mol. The lowest BCUT2D eigenvalue weighted by Crippen LogP contribution is -2.13. The molecule has 0 saturated carbocycles. The van der Waals surface area contributed by atoms with Crippen LogP contribution in [0, 0.1) is 0 Å². The van der Waals surface area contributed by atoms with E-state index < -0.39 is 0 Å². The monoisotopic (exact) mass is 778 g/mol. The molecule has 0 aliphatic carbocycles. The van der Waals surface area contributed by atoms with Gasteiger partial charge in [0, 0.05) is 32.9 Å². The highest BCUT2D eigenvalue weighted by atomic mass is 16.3. The van der Waals surface area contributed by atoms with Crippen molar-refractivity contribution in [3.8, 4) is 39.1 Å². The summed E-state index contributed by atoms with van der Waals surface area (Å²) in [5.41, 5.74) is 15.5. The van der Waals surface area contributed by atoms with E-state index in [9.17, 15) is 0 Å². The number of hydrogen-bond acceptors (Lipinski definition) is 2. The quantitative estimate of drug-likeness (QED) is 0.161. The molecule has 0 unspecified atom stereocenters. The topological polar surface area (TPSA) is 21.3 Å². The van der Waals surface area contributed by atoms with E-state index in [4.69, 9.17) is 4.42 Å². The van der Waals surface area contributed by atoms with Crippen molar-refractivity contribution >= 4 is 71.6 Å². The number of nitrogens with zero attached hydrogens (tertiary/aromatic N) is 2. The molecule has 0 atom stereocenters. The number of anilines is 3. The first kappa shape index (κ1) is 34.9. The van der Waals surface area contributed by atoms with Crippen LogP contribution in [0.4, 0.5) is 17.1 Å². The molecule has 286 valence electrons. The van der Waals surface area contributed by atoms with Crippen LogP contribution in [0.3, 0.4) is 0 Å². The summed E-state index contributed by atoms with van der Waals surface area (Å²) in [7, 11) is 0. The maximum Gasteiger partial charge on any atom is 0.136 e. The molecule has 12 rings (SSSR count). The van der Waals surface area contributed by atoms with E-state index in [1.165, 1.54) is 49.3 Å². The molecule has 0 saturated heterocycles. The van der Waals surface area contributed by atoms with Gasteiger partial charge in [0.1, 0.15) is 11.2 Å². The highest BCUT2D eigenvalue weighted by molar-refractivity contribution is 6.13. The van der Waals surface area contributed by atoms with Gasteiger partial charge in [-0.15, -0.1) is 0 Å². The lowest BCUT2D eigenvalue weighted by molar-refractivity contribution is 0.669. The van der Waals surface area contributed by atoms with E-state index in [2.05, 4.69) is 228 Å². The Kier molecular flexibility index (Phi) is 8.17. The predicted molar refractivity (Wildman–Crippen MR) is 257 cm³/mol. The summed E-state index contributed by atoms with van der Waals surface area (Å²) < 4.78 is 8.69. The molecular formula is C58H38N2O. The summed E-state index contributed by atoms with van der Waals surface area (Å²) in [6, 6.07) is 83.0. The number of hydrogen-bond donors (Lipinski definition) is 0. The van der Waals surface area contributed by atoms with E-state index in [-0.39, 0.29) is 0 Å². The van der Waals surface area contributed by atoms with Gasteiger partial charge < -0.3 is 13.9 Å². The SMILES string of the molecule is c1cc(-c2ccc(N(c3ccc(-c4cccc5oc6ccccc6c45)cc3)c3ccccc3-n3c4ccccc4c4ccccc43)cc2)cc(-c2ccc3ccccc3c2)c1. The largest absolute Gasteiger partial charge is 0.456 e. The van der Waals surface area contributed by atoms with Crippen molar-refractivity contribution in [2.75, 3.05) is 4.90 Å². The van der Waals surface area contributed by atoms with Gasteiger partial charge in [0.2, 0.25) is 0 Å². The van der Waals surface area contributed by atoms with Gasteiger partial charge in [0.15, 0.2) is 0 Å². The van der Waals surface area contributed by atoms with Crippen LogP contribution in [-0.2, 0) is 0 Å². The second-order valence-corrected chi connectivity index (χ2v) is 15.7. The Hall–Kier alpha value is -8.14. The second-order valence-electron chi connectivity index (χ2n) is 15.7. The normalized spacial score (nSPS) is 11.6. The summed E-state index contributed by atoms with van der Waals surface area (Å²) in [5.74, 6) is 0. The van der Waals surface area contributed by atoms with Crippen molar-refractivity contribution in [2.45, 2.75) is 0 Å². The van der Waals surface area contributed by atoms with Crippen LogP contribution in [-0.4, -0.2) is 4.57 Å². The number of aromatic nitrogens is 1. The maximum absolute atomic E-state index is 6.28. The van der Waals surface area contributed by atoms with Crippen molar-refractivity contribution in [1.82, 2.24) is 4.57 Å². The Balaban J connectivity index is 0.995. The average Bonchev–Trinajstić information content (AvgIpc) is 3.88. The minimum absolute atomic E-state index is 0.896. The number of rotatable bonds is 7. The van der Waals surface area contributed by atoms with Crippen molar-refractivity contribution in [2.24, 2.45) is 0 Å². The molecule has 2 heterocycles. The smallest absolute Gasteiger partial charge is 0.136 e. The first-order valence-corrected chi connectivity index (χ1v) is 20.8. The predicted octanol–water partition coefficient (Wildman–Crippen LogP) is 16.3. The summed E-state index contributed by atoms with van der Waals surface area (Å²) in [6.45, 7) is 0. The molecule has 3 heteroatoms. The Morgan fingerprint density at radius 2 is 0.885 bits per heavy atom. The Morgan fingerprint density at radius 3 is 1.64 bits per heavy atom. The van der Waals surface area contributed by atoms with Crippen LogP contribution in [0.2, 0.25) is 0 Å². The zero-order chi connectivity index (χ0) is 40.3. The second kappa shape index (κ2) is 14.3. The van der Waals surface area contributed by atoms with E-state index in [1.54, 1.807) is 0 Å². The Morgan fingerprint density at radius 1 is 0.344 bits per heavy atom. The van der Waals surface area contributed by atoms with Crippen LogP contribution in [0.1, 0.15) is 0 Å². The average molecular weight is 779 g/mol. The number of furan rings is 1. The Bertz CT molecular complexity index is 3540. The number of para-hydroxylation sites is 5. The van der Waals surface area contributed by atoms with Gasteiger partial charge in [-0.05, 0) is 117 Å². The first-order valence-electron chi connectivity index (χ1n) is 20.8. The van der Waals surface area contributed by atoms with Crippen LogP contribution < -0.4 is 4.90 Å². The summed E-state index contributed by atoms with van der Waals surface area (Å²) in [4.78, 5) is 2.39. The molecule has 61 heavy (non-hydrogen) atoms. The summed E-state index contributed by atoms with van der Waals surface area (Å²) in [6.07, 6.45) is 0. The minimum atomic E-state index is 0.896. The first-order chi connectivity index (χ1) is 30.2. The molecule has 0 radical (unpaired) electrons. The van der Waals surface area contributed by atoms with Gasteiger partial charge in [0.25, 0.3) is 0 Å². The van der Waals surface area contributed by atoms with Gasteiger partial charge >= 0.3 is 0 Å². The van der Waals surface area contributed by atoms with Gasteiger partial charge in [-0.1, -0.05) is 158 Å². The highest BCUT2D eigenvalue weighted by Gasteiger charge is 2.21. The molecule has 0 bridgehead atoms. The minimum Gasteiger partial charge on any atom is -0.456 e. The molecule has 0 aliphatic rings. The van der Waals surface area contributed by atoms with Crippen LogP contribution in [0.15, 0.2) is 235 Å². The van der Waals surface area contributed by atoms with Crippen molar-refractivity contribution in [1.29, 1.82) is 0 Å². The van der Waals surface area contributed by atoms with E-state index in [0.29, 0.717) is 0 Å². The molecule has 0 N–H and O–H groups in total. The molecule has 0 spiro atoms. The maximum atomic E-state index is 6.28. The fraction of sp³-hybridized carbons (Fsp3) is 0. The number of benzene rings is 10. The van der Waals surface area contributed by atoms with E-state index in [1.807, 2.05) is 12.1 Å². The zero-order valence-electron chi connectivity index (χ0n) is 33.2. The molecule has 0 fully saturated rings. The van der Waals surface area contributed by atoms with Crippen molar-refractivity contribution < 1.29 is 4.42 Å². The fourth-order valence-electron chi connectivity index (χ4n) is 9.31. The molecule has 12 aromatic rings. The van der Waals surface area contributed by atoms with E-state index in [0.717, 1.165) is 61.4 Å².